The van der Waals surface area contributed by atoms with Gasteiger partial charge >= 0.3 is 8.32 Å². The third kappa shape index (κ3) is 5.27. The van der Waals surface area contributed by atoms with Crippen molar-refractivity contribution in [2.45, 2.75) is 52.4 Å². The zero-order valence-electron chi connectivity index (χ0n) is 23.1. The van der Waals surface area contributed by atoms with Crippen molar-refractivity contribution in [3.05, 3.63) is 85.2 Å². The van der Waals surface area contributed by atoms with Crippen LogP contribution in [0.5, 0.6) is 0 Å². The zero-order valence-corrected chi connectivity index (χ0v) is 24.1. The molecule has 1 saturated heterocycles. The van der Waals surface area contributed by atoms with Crippen molar-refractivity contribution in [2.24, 2.45) is 29.6 Å². The van der Waals surface area contributed by atoms with Crippen molar-refractivity contribution in [1.82, 2.24) is 0 Å². The van der Waals surface area contributed by atoms with Crippen LogP contribution in [0.25, 0.3) is 0 Å². The van der Waals surface area contributed by atoms with Gasteiger partial charge in [0.15, 0.2) is 5.79 Å². The molecule has 0 bridgehead atoms. The van der Waals surface area contributed by atoms with Crippen molar-refractivity contribution >= 4 is 25.0 Å². The molecule has 0 unspecified atom stereocenters. The molecule has 1 heterocycles. The van der Waals surface area contributed by atoms with Crippen molar-refractivity contribution in [1.29, 1.82) is 0 Å². The molecular formula is C32H42O4Si. The molecule has 2 aromatic carbocycles. The number of aldehydes is 1. The molecule has 1 fully saturated rings. The van der Waals surface area contributed by atoms with E-state index in [0.29, 0.717) is 13.2 Å². The number of carbonyl (C=O) groups excluding carboxylic acids is 1. The monoisotopic (exact) mass is 518 g/mol. The van der Waals surface area contributed by atoms with Gasteiger partial charge in [0.05, 0.1) is 19.0 Å². The normalized spacial score (nSPS) is 26.7. The van der Waals surface area contributed by atoms with E-state index in [2.05, 4.69) is 101 Å². The van der Waals surface area contributed by atoms with Crippen LogP contribution < -0.4 is 10.4 Å². The maximum absolute atomic E-state index is 12.3. The summed E-state index contributed by atoms with van der Waals surface area (Å²) in [6, 6.07) is 21.4. The smallest absolute Gasteiger partial charge is 0.319 e. The molecule has 1 aliphatic carbocycles. The number of hydrogen-bond donors (Lipinski definition) is 0. The second-order valence-corrected chi connectivity index (χ2v) is 16.2. The lowest BCUT2D eigenvalue weighted by Crippen LogP contribution is -2.67. The molecule has 0 aromatic heterocycles. The Kier molecular flexibility index (Phi) is 7.98. The number of hydrogen-bond acceptors (Lipinski definition) is 4. The topological polar surface area (TPSA) is 44.8 Å². The summed E-state index contributed by atoms with van der Waals surface area (Å²) in [5.41, 5.74) is 0. The van der Waals surface area contributed by atoms with Crippen molar-refractivity contribution < 1.29 is 18.7 Å². The molecular weight excluding hydrogens is 476 g/mol. The van der Waals surface area contributed by atoms with Crippen molar-refractivity contribution in [3.63, 3.8) is 0 Å². The first kappa shape index (κ1) is 27.6. The van der Waals surface area contributed by atoms with Crippen LogP contribution in [0.4, 0.5) is 0 Å². The van der Waals surface area contributed by atoms with Gasteiger partial charge in [0.2, 0.25) is 0 Å². The van der Waals surface area contributed by atoms with Crippen LogP contribution in [0, 0.1) is 29.6 Å². The highest BCUT2D eigenvalue weighted by Crippen LogP contribution is 2.47. The Morgan fingerprint density at radius 1 is 0.946 bits per heavy atom. The second kappa shape index (κ2) is 10.7. The lowest BCUT2D eigenvalue weighted by Gasteiger charge is -2.49. The third-order valence-electron chi connectivity index (χ3n) is 8.14. The number of rotatable bonds is 7. The van der Waals surface area contributed by atoms with E-state index >= 15 is 0 Å². The molecule has 0 amide bonds. The fourth-order valence-corrected chi connectivity index (χ4v) is 10.7. The lowest BCUT2D eigenvalue weighted by atomic mass is 9.66. The largest absolute Gasteiger partial charge is 0.537 e. The van der Waals surface area contributed by atoms with E-state index in [9.17, 15) is 4.79 Å². The first-order valence-electron chi connectivity index (χ1n) is 13.4. The molecule has 0 saturated carbocycles. The van der Waals surface area contributed by atoms with Crippen LogP contribution in [0.3, 0.4) is 0 Å². The Morgan fingerprint density at radius 2 is 1.46 bits per heavy atom. The van der Waals surface area contributed by atoms with Crippen molar-refractivity contribution in [3.8, 4) is 0 Å². The first-order chi connectivity index (χ1) is 17.5. The minimum Gasteiger partial charge on any atom is -0.537 e. The predicted octanol–water partition coefficient (Wildman–Crippen LogP) is 5.73. The number of carbonyl (C=O) groups is 1. The van der Waals surface area contributed by atoms with E-state index < -0.39 is 14.1 Å². The molecule has 37 heavy (non-hydrogen) atoms. The second-order valence-electron chi connectivity index (χ2n) is 12.0. The standard InChI is InChI=1S/C32H42O4Si/c1-8-27-28(20-33)23(2)19-29(30(27)24-21-34-32(6,7)35-22-24)36-37(31(3,4)5,25-15-11-9-12-16-25)26-17-13-10-14-18-26/h8-20,23-24,27-28,30H,1,21-22H2,2-7H3/t23-,27-,28+,30-/m1/s1. The number of benzene rings is 2. The average molecular weight is 519 g/mol. The Hall–Kier alpha value is -2.47. The maximum atomic E-state index is 12.3. The van der Waals surface area contributed by atoms with E-state index in [4.69, 9.17) is 13.9 Å². The summed E-state index contributed by atoms with van der Waals surface area (Å²) in [6.45, 7) is 18.1. The molecule has 0 N–H and O–H groups in total. The fraction of sp³-hybridized carbons (Fsp3) is 0.469. The number of ether oxygens (including phenoxy) is 2. The molecule has 198 valence electrons. The lowest BCUT2D eigenvalue weighted by molar-refractivity contribution is -0.269. The van der Waals surface area contributed by atoms with E-state index in [-0.39, 0.29) is 34.6 Å². The maximum Gasteiger partial charge on any atom is 0.319 e. The van der Waals surface area contributed by atoms with Gasteiger partial charge < -0.3 is 18.7 Å². The van der Waals surface area contributed by atoms with Crippen LogP contribution in [-0.4, -0.2) is 33.6 Å². The van der Waals surface area contributed by atoms with Crippen LogP contribution in [0.2, 0.25) is 5.04 Å². The van der Waals surface area contributed by atoms with Crippen LogP contribution in [-0.2, 0) is 18.7 Å². The van der Waals surface area contributed by atoms with E-state index in [1.807, 2.05) is 19.9 Å². The summed E-state index contributed by atoms with van der Waals surface area (Å²) in [5.74, 6) is 0.119. The number of allylic oxidation sites excluding steroid dienone is 3. The van der Waals surface area contributed by atoms with E-state index in [1.54, 1.807) is 0 Å². The molecule has 5 heteroatoms. The minimum absolute atomic E-state index is 0.0341. The summed E-state index contributed by atoms with van der Waals surface area (Å²) in [7, 11) is -2.85. The molecule has 0 spiro atoms. The Morgan fingerprint density at radius 3 is 1.89 bits per heavy atom. The molecule has 4 atom stereocenters. The van der Waals surface area contributed by atoms with Gasteiger partial charge in [0.25, 0.3) is 0 Å². The van der Waals surface area contributed by atoms with Crippen LogP contribution in [0.15, 0.2) is 85.2 Å². The summed E-state index contributed by atoms with van der Waals surface area (Å²) >= 11 is 0. The van der Waals surface area contributed by atoms with E-state index in [1.165, 1.54) is 10.4 Å². The zero-order chi connectivity index (χ0) is 26.8. The van der Waals surface area contributed by atoms with Gasteiger partial charge in [-0.15, -0.1) is 6.58 Å². The Bertz CT molecular complexity index is 1050. The van der Waals surface area contributed by atoms with Crippen LogP contribution >= 0.6 is 0 Å². The summed E-state index contributed by atoms with van der Waals surface area (Å²) in [4.78, 5) is 12.3. The first-order valence-corrected chi connectivity index (χ1v) is 15.3. The fourth-order valence-electron chi connectivity index (χ4n) is 6.17. The summed E-state index contributed by atoms with van der Waals surface area (Å²) in [6.07, 6.45) is 5.24. The third-order valence-corrected chi connectivity index (χ3v) is 13.1. The van der Waals surface area contributed by atoms with Gasteiger partial charge in [-0.1, -0.05) is 94.4 Å². The highest BCUT2D eigenvalue weighted by molar-refractivity contribution is 6.99. The van der Waals surface area contributed by atoms with Gasteiger partial charge in [-0.3, -0.25) is 0 Å². The van der Waals surface area contributed by atoms with Gasteiger partial charge in [-0.2, -0.15) is 0 Å². The minimum atomic E-state index is -2.85. The molecule has 4 nitrogen and oxygen atoms in total. The molecule has 4 rings (SSSR count). The highest BCUT2D eigenvalue weighted by Gasteiger charge is 2.55. The molecule has 2 aromatic rings. The molecule has 0 radical (unpaired) electrons. The van der Waals surface area contributed by atoms with E-state index in [0.717, 1.165) is 12.0 Å². The Balaban J connectivity index is 1.89. The highest BCUT2D eigenvalue weighted by atomic mass is 28.4. The van der Waals surface area contributed by atoms with Gasteiger partial charge in [0, 0.05) is 17.8 Å². The van der Waals surface area contributed by atoms with Crippen molar-refractivity contribution in [2.75, 3.05) is 13.2 Å². The molecule has 2 aliphatic rings. The predicted molar refractivity (Wildman–Crippen MR) is 152 cm³/mol. The quantitative estimate of drug-likeness (QED) is 0.267. The summed E-state index contributed by atoms with van der Waals surface area (Å²) in [5, 5.41) is 2.29. The average Bonchev–Trinajstić information content (AvgIpc) is 2.87. The van der Waals surface area contributed by atoms with Crippen LogP contribution in [0.1, 0.15) is 41.5 Å². The summed E-state index contributed by atoms with van der Waals surface area (Å²) < 4.78 is 19.8. The van der Waals surface area contributed by atoms with Gasteiger partial charge in [-0.25, -0.2) is 0 Å². The SMILES string of the molecule is C=C[C@@H]1[C@@H](C=O)[C@H](C)C=C(O[Si](c2ccccc2)(c2ccccc2)C(C)(C)C)[C@@H]1C1COC(C)(C)OC1. The van der Waals surface area contributed by atoms with Gasteiger partial charge in [0.1, 0.15) is 6.29 Å². The Labute approximate surface area is 223 Å². The van der Waals surface area contributed by atoms with Gasteiger partial charge in [-0.05, 0) is 47.2 Å². The molecule has 1 aliphatic heterocycles.